The number of aromatic nitrogens is 2. The summed E-state index contributed by atoms with van der Waals surface area (Å²) in [6, 6.07) is 8.24. The molecule has 5 heteroatoms. The van der Waals surface area contributed by atoms with Gasteiger partial charge in [-0.05, 0) is 60.8 Å². The van der Waals surface area contributed by atoms with Gasteiger partial charge in [0.05, 0.1) is 13.1 Å². The number of rotatable bonds is 8. The van der Waals surface area contributed by atoms with Gasteiger partial charge in [0, 0.05) is 24.7 Å². The fraction of sp³-hybridized carbons (Fsp3) is 0.522. The Morgan fingerprint density at radius 1 is 1.11 bits per heavy atom. The Hall–Kier alpha value is -2.43. The minimum absolute atomic E-state index is 0.173. The molecule has 146 valence electrons. The molecular formula is C23H27N3O2. The average Bonchev–Trinajstić information content (AvgIpc) is 3.57. The minimum atomic E-state index is 0.173. The highest BCUT2D eigenvalue weighted by atomic mass is 16.5. The van der Waals surface area contributed by atoms with Crippen molar-refractivity contribution in [3.63, 3.8) is 0 Å². The first kappa shape index (κ1) is 17.7. The largest absolute Gasteiger partial charge is 0.487 e. The number of carbonyl (C=O) groups excluding carboxylic acids is 1. The third-order valence-electron chi connectivity index (χ3n) is 6.13. The second-order valence-corrected chi connectivity index (χ2v) is 8.65. The molecule has 1 aromatic carbocycles. The molecule has 0 radical (unpaired) electrons. The topological polar surface area (TPSA) is 55.3 Å². The third kappa shape index (κ3) is 3.89. The summed E-state index contributed by atoms with van der Waals surface area (Å²) in [6.07, 6.45) is 9.50. The van der Waals surface area contributed by atoms with Gasteiger partial charge in [0.1, 0.15) is 17.6 Å². The molecule has 0 N–H and O–H groups in total. The van der Waals surface area contributed by atoms with Crippen molar-refractivity contribution in [3.05, 3.63) is 47.8 Å². The van der Waals surface area contributed by atoms with Crippen LogP contribution in [-0.2, 0) is 4.79 Å². The van der Waals surface area contributed by atoms with Gasteiger partial charge >= 0.3 is 0 Å². The Morgan fingerprint density at radius 2 is 1.79 bits per heavy atom. The lowest BCUT2D eigenvalue weighted by Crippen LogP contribution is -2.54. The third-order valence-corrected chi connectivity index (χ3v) is 6.13. The fourth-order valence-electron chi connectivity index (χ4n) is 3.86. The monoisotopic (exact) mass is 377 g/mol. The molecule has 0 spiro atoms. The van der Waals surface area contributed by atoms with Gasteiger partial charge in [-0.15, -0.1) is 0 Å². The molecule has 2 aromatic rings. The predicted molar refractivity (Wildman–Crippen MR) is 108 cm³/mol. The molecule has 1 aromatic heterocycles. The predicted octanol–water partition coefficient (Wildman–Crippen LogP) is 4.09. The molecule has 2 aliphatic carbocycles. The molecule has 2 saturated carbocycles. The van der Waals surface area contributed by atoms with Gasteiger partial charge in [-0.25, -0.2) is 9.97 Å². The Bertz CT molecular complexity index is 835. The maximum Gasteiger partial charge on any atom is 0.225 e. The molecule has 2 heterocycles. The van der Waals surface area contributed by atoms with Crippen molar-refractivity contribution < 1.29 is 9.53 Å². The van der Waals surface area contributed by atoms with Crippen molar-refractivity contribution >= 4 is 11.7 Å². The number of anilines is 1. The van der Waals surface area contributed by atoms with E-state index in [1.54, 1.807) is 0 Å². The molecule has 0 bridgehead atoms. The maximum absolute atomic E-state index is 12.0. The van der Waals surface area contributed by atoms with E-state index in [-0.39, 0.29) is 12.0 Å². The number of hydrogen-bond donors (Lipinski definition) is 0. The summed E-state index contributed by atoms with van der Waals surface area (Å²) in [6.45, 7) is 3.77. The van der Waals surface area contributed by atoms with Gasteiger partial charge < -0.3 is 9.64 Å². The van der Waals surface area contributed by atoms with Gasteiger partial charge in [-0.2, -0.15) is 0 Å². The molecule has 3 aliphatic rings. The number of Topliss-reactive ketones (excluding diaryl/α,β-unsaturated/α-hetero) is 1. The molecular weight excluding hydrogens is 350 g/mol. The zero-order valence-electron chi connectivity index (χ0n) is 16.4. The van der Waals surface area contributed by atoms with Crippen molar-refractivity contribution in [3.8, 4) is 5.75 Å². The Kier molecular flexibility index (Phi) is 4.53. The minimum Gasteiger partial charge on any atom is -0.487 e. The summed E-state index contributed by atoms with van der Waals surface area (Å²) in [5.74, 6) is 3.43. The van der Waals surface area contributed by atoms with Crippen molar-refractivity contribution in [2.75, 3.05) is 18.0 Å². The normalized spacial score (nSPS) is 20.5. The summed E-state index contributed by atoms with van der Waals surface area (Å²) >= 11 is 0. The first-order valence-corrected chi connectivity index (χ1v) is 10.5. The van der Waals surface area contributed by atoms with Crippen LogP contribution >= 0.6 is 0 Å². The highest BCUT2D eigenvalue weighted by Crippen LogP contribution is 2.39. The molecule has 3 fully saturated rings. The lowest BCUT2D eigenvalue weighted by molar-refractivity contribution is -0.120. The summed E-state index contributed by atoms with van der Waals surface area (Å²) in [5, 5.41) is 0. The van der Waals surface area contributed by atoms with E-state index in [0.717, 1.165) is 37.6 Å². The molecule has 5 rings (SSSR count). The van der Waals surface area contributed by atoms with Crippen LogP contribution in [0.1, 0.15) is 62.0 Å². The summed E-state index contributed by atoms with van der Waals surface area (Å²) in [4.78, 5) is 23.2. The number of carbonyl (C=O) groups is 1. The van der Waals surface area contributed by atoms with E-state index in [1.807, 2.05) is 24.5 Å². The van der Waals surface area contributed by atoms with Crippen molar-refractivity contribution in [1.29, 1.82) is 0 Å². The number of ketones is 1. The summed E-state index contributed by atoms with van der Waals surface area (Å²) < 4.78 is 6.07. The quantitative estimate of drug-likeness (QED) is 0.693. The lowest BCUT2D eigenvalue weighted by Gasteiger charge is -2.38. The number of benzene rings is 1. The zero-order chi connectivity index (χ0) is 19.1. The van der Waals surface area contributed by atoms with Crippen LogP contribution in [0.2, 0.25) is 0 Å². The van der Waals surface area contributed by atoms with Gasteiger partial charge in [-0.3, -0.25) is 4.79 Å². The first-order chi connectivity index (χ1) is 13.7. The molecule has 0 unspecified atom stereocenters. The number of ether oxygens (including phenoxy) is 1. The molecule has 1 atom stereocenters. The van der Waals surface area contributed by atoms with Gasteiger partial charge in [0.2, 0.25) is 5.95 Å². The number of nitrogens with zero attached hydrogens (tertiary/aromatic N) is 3. The lowest BCUT2D eigenvalue weighted by atomic mass is 9.94. The second kappa shape index (κ2) is 7.19. The molecule has 28 heavy (non-hydrogen) atoms. The van der Waals surface area contributed by atoms with E-state index in [0.29, 0.717) is 24.0 Å². The SMILES string of the molecule is C[C@H](CC(=O)C1CC1)c1ccc(OC2CN(c3ncc(C4CC4)cn3)C2)cc1. The summed E-state index contributed by atoms with van der Waals surface area (Å²) in [5.41, 5.74) is 2.48. The van der Waals surface area contributed by atoms with Crippen LogP contribution in [0.5, 0.6) is 5.75 Å². The summed E-state index contributed by atoms with van der Waals surface area (Å²) in [7, 11) is 0. The van der Waals surface area contributed by atoms with E-state index in [9.17, 15) is 4.79 Å². The van der Waals surface area contributed by atoms with Gasteiger partial charge in [0.15, 0.2) is 0 Å². The number of hydrogen-bond acceptors (Lipinski definition) is 5. The van der Waals surface area contributed by atoms with E-state index in [1.165, 1.54) is 24.0 Å². The van der Waals surface area contributed by atoms with Crippen molar-refractivity contribution in [2.45, 2.75) is 57.0 Å². The molecule has 1 aliphatic heterocycles. The second-order valence-electron chi connectivity index (χ2n) is 8.65. The smallest absolute Gasteiger partial charge is 0.225 e. The highest BCUT2D eigenvalue weighted by molar-refractivity contribution is 5.83. The standard InChI is InChI=1S/C23H27N3O2/c1-15(10-22(27)18-4-5-18)16-6-8-20(9-7-16)28-21-13-26(14-21)23-24-11-19(12-25-23)17-2-3-17/h6-9,11-12,15,17-18,21H,2-5,10,13-14H2,1H3/t15-/m1/s1. The Labute approximate surface area is 166 Å². The average molecular weight is 377 g/mol. The highest BCUT2D eigenvalue weighted by Gasteiger charge is 2.32. The molecule has 1 saturated heterocycles. The Balaban J connectivity index is 1.10. The molecule has 0 amide bonds. The van der Waals surface area contributed by atoms with E-state index in [4.69, 9.17) is 4.74 Å². The van der Waals surface area contributed by atoms with Crippen LogP contribution in [0.3, 0.4) is 0 Å². The van der Waals surface area contributed by atoms with Crippen LogP contribution < -0.4 is 9.64 Å². The van der Waals surface area contributed by atoms with E-state index < -0.39 is 0 Å². The van der Waals surface area contributed by atoms with Crippen LogP contribution in [0.25, 0.3) is 0 Å². The molecule has 5 nitrogen and oxygen atoms in total. The van der Waals surface area contributed by atoms with E-state index >= 15 is 0 Å². The van der Waals surface area contributed by atoms with Crippen LogP contribution in [-0.4, -0.2) is 34.9 Å². The van der Waals surface area contributed by atoms with Crippen molar-refractivity contribution in [1.82, 2.24) is 9.97 Å². The van der Waals surface area contributed by atoms with Crippen LogP contribution in [0.4, 0.5) is 5.95 Å². The fourth-order valence-corrected chi connectivity index (χ4v) is 3.86. The van der Waals surface area contributed by atoms with Crippen LogP contribution in [0, 0.1) is 5.92 Å². The zero-order valence-corrected chi connectivity index (χ0v) is 16.4. The van der Waals surface area contributed by atoms with Gasteiger partial charge in [-0.1, -0.05) is 19.1 Å². The first-order valence-electron chi connectivity index (χ1n) is 10.5. The maximum atomic E-state index is 12.0. The Morgan fingerprint density at radius 3 is 2.39 bits per heavy atom. The van der Waals surface area contributed by atoms with E-state index in [2.05, 4.69) is 33.9 Å². The van der Waals surface area contributed by atoms with Crippen LogP contribution in [0.15, 0.2) is 36.7 Å². The van der Waals surface area contributed by atoms with Crippen molar-refractivity contribution in [2.24, 2.45) is 5.92 Å². The van der Waals surface area contributed by atoms with Gasteiger partial charge in [0.25, 0.3) is 0 Å².